The van der Waals surface area contributed by atoms with Crippen molar-refractivity contribution in [1.29, 1.82) is 0 Å². The van der Waals surface area contributed by atoms with E-state index < -0.39 is 29.7 Å². The summed E-state index contributed by atoms with van der Waals surface area (Å²) < 4.78 is 13.9. The minimum absolute atomic E-state index is 0.394. The molecule has 80 valence electrons. The molecule has 2 atom stereocenters. The highest BCUT2D eigenvalue weighted by atomic mass is 19.1. The van der Waals surface area contributed by atoms with Crippen molar-refractivity contribution in [3.8, 4) is 0 Å². The molecule has 3 nitrogen and oxygen atoms in total. The minimum atomic E-state index is -2.06. The summed E-state index contributed by atoms with van der Waals surface area (Å²) in [7, 11) is 0. The number of carboxylic acid groups (broad SMARTS) is 1. The summed E-state index contributed by atoms with van der Waals surface area (Å²) in [6.45, 7) is 5.49. The molecular formula is C10H15FO3. The van der Waals surface area contributed by atoms with Crippen LogP contribution >= 0.6 is 0 Å². The maximum atomic E-state index is 13.9. The van der Waals surface area contributed by atoms with Crippen LogP contribution in [0.2, 0.25) is 0 Å². The van der Waals surface area contributed by atoms with Crippen molar-refractivity contribution in [3.05, 3.63) is 24.3 Å². The average Bonchev–Trinajstić information content (AvgIpc) is 2.11. The van der Waals surface area contributed by atoms with E-state index in [4.69, 9.17) is 10.2 Å². The van der Waals surface area contributed by atoms with Crippen molar-refractivity contribution < 1.29 is 19.4 Å². The van der Waals surface area contributed by atoms with Gasteiger partial charge in [0, 0.05) is 12.5 Å². The van der Waals surface area contributed by atoms with E-state index in [1.807, 2.05) is 0 Å². The fraction of sp³-hybridized carbons (Fsp3) is 0.500. The van der Waals surface area contributed by atoms with E-state index in [2.05, 4.69) is 6.58 Å². The maximum absolute atomic E-state index is 13.9. The van der Waals surface area contributed by atoms with Crippen molar-refractivity contribution in [1.82, 2.24) is 0 Å². The second-order valence-corrected chi connectivity index (χ2v) is 3.28. The number of rotatable bonds is 5. The molecule has 0 amide bonds. The van der Waals surface area contributed by atoms with Crippen LogP contribution in [0.15, 0.2) is 24.3 Å². The Morgan fingerprint density at radius 1 is 1.71 bits per heavy atom. The Kier molecular flexibility index (Phi) is 4.50. The summed E-state index contributed by atoms with van der Waals surface area (Å²) in [5.41, 5.74) is -2.46. The Morgan fingerprint density at radius 3 is 2.50 bits per heavy atom. The van der Waals surface area contributed by atoms with E-state index in [0.717, 1.165) is 13.0 Å². The molecular weight excluding hydrogens is 187 g/mol. The molecule has 2 N–H and O–H groups in total. The van der Waals surface area contributed by atoms with Crippen molar-refractivity contribution >= 4 is 5.97 Å². The lowest BCUT2D eigenvalue weighted by Gasteiger charge is -2.26. The van der Waals surface area contributed by atoms with Crippen LogP contribution in [-0.2, 0) is 4.79 Å². The predicted octanol–water partition coefficient (Wildman–Crippen LogP) is 1.54. The number of allylic oxidation sites excluding steroid dienone is 2. The molecule has 0 aliphatic rings. The van der Waals surface area contributed by atoms with E-state index in [0.29, 0.717) is 0 Å². The number of alkyl halides is 1. The van der Waals surface area contributed by atoms with Gasteiger partial charge in [-0.05, 0) is 13.0 Å². The van der Waals surface area contributed by atoms with Gasteiger partial charge < -0.3 is 10.2 Å². The van der Waals surface area contributed by atoms with Crippen LogP contribution in [0.5, 0.6) is 0 Å². The Labute approximate surface area is 82.6 Å². The highest BCUT2D eigenvalue weighted by Crippen LogP contribution is 2.30. The standard InChI is InChI=1S/C10H15FO3/c1-4-5-8(9(13)14)10(3,11)7(2)6-12/h4-5,7,12H,1,6H2,2-3H3,(H,13,14)/b8-5-. The van der Waals surface area contributed by atoms with Gasteiger partial charge in [0.25, 0.3) is 0 Å². The largest absolute Gasteiger partial charge is 0.478 e. The van der Waals surface area contributed by atoms with Crippen LogP contribution in [0, 0.1) is 5.92 Å². The molecule has 0 spiro atoms. The Bertz CT molecular complexity index is 256. The highest BCUT2D eigenvalue weighted by molar-refractivity contribution is 5.89. The Morgan fingerprint density at radius 2 is 2.21 bits per heavy atom. The van der Waals surface area contributed by atoms with Crippen molar-refractivity contribution in [3.63, 3.8) is 0 Å². The van der Waals surface area contributed by atoms with Crippen LogP contribution in [0.3, 0.4) is 0 Å². The highest BCUT2D eigenvalue weighted by Gasteiger charge is 2.38. The van der Waals surface area contributed by atoms with Crippen LogP contribution in [-0.4, -0.2) is 28.5 Å². The lowest BCUT2D eigenvalue weighted by Crippen LogP contribution is -2.35. The van der Waals surface area contributed by atoms with Gasteiger partial charge in [-0.15, -0.1) is 0 Å². The van der Waals surface area contributed by atoms with Gasteiger partial charge in [-0.1, -0.05) is 19.6 Å². The first-order chi connectivity index (χ1) is 6.37. The molecule has 4 heteroatoms. The van der Waals surface area contributed by atoms with Gasteiger partial charge in [-0.2, -0.15) is 0 Å². The maximum Gasteiger partial charge on any atom is 0.334 e. The van der Waals surface area contributed by atoms with E-state index >= 15 is 0 Å². The number of aliphatic carboxylic acids is 1. The Hall–Kier alpha value is -1.16. The molecule has 0 rings (SSSR count). The van der Waals surface area contributed by atoms with Crippen LogP contribution in [0.1, 0.15) is 13.8 Å². The third kappa shape index (κ3) is 2.67. The fourth-order valence-electron chi connectivity index (χ4n) is 0.998. The van der Waals surface area contributed by atoms with E-state index in [-0.39, 0.29) is 0 Å². The molecule has 0 saturated carbocycles. The monoisotopic (exact) mass is 202 g/mol. The van der Waals surface area contributed by atoms with Gasteiger partial charge in [0.2, 0.25) is 0 Å². The normalized spacial score (nSPS) is 18.4. The van der Waals surface area contributed by atoms with Gasteiger partial charge >= 0.3 is 5.97 Å². The SMILES string of the molecule is C=C/C=C(/C(=O)O)C(C)(F)C(C)CO. The van der Waals surface area contributed by atoms with Gasteiger partial charge in [0.1, 0.15) is 5.67 Å². The van der Waals surface area contributed by atoms with E-state index in [9.17, 15) is 9.18 Å². The zero-order valence-electron chi connectivity index (χ0n) is 8.33. The van der Waals surface area contributed by atoms with Crippen LogP contribution in [0.25, 0.3) is 0 Å². The van der Waals surface area contributed by atoms with E-state index in [1.54, 1.807) is 0 Å². The zero-order valence-corrected chi connectivity index (χ0v) is 8.33. The molecule has 0 aromatic rings. The molecule has 0 aliphatic carbocycles. The Balaban J connectivity index is 5.09. The van der Waals surface area contributed by atoms with Crippen molar-refractivity contribution in [2.45, 2.75) is 19.5 Å². The first kappa shape index (κ1) is 12.8. The molecule has 2 unspecified atom stereocenters. The molecule has 0 heterocycles. The summed E-state index contributed by atoms with van der Waals surface area (Å²) in [5.74, 6) is -2.11. The second kappa shape index (κ2) is 4.91. The summed E-state index contributed by atoms with van der Waals surface area (Å²) in [4.78, 5) is 10.7. The number of hydrogen-bond donors (Lipinski definition) is 2. The molecule has 0 aliphatic heterocycles. The topological polar surface area (TPSA) is 57.5 Å². The first-order valence-electron chi connectivity index (χ1n) is 4.24. The average molecular weight is 202 g/mol. The first-order valence-corrected chi connectivity index (χ1v) is 4.24. The number of carbonyl (C=O) groups is 1. The van der Waals surface area contributed by atoms with Gasteiger partial charge in [-0.25, -0.2) is 9.18 Å². The molecule has 0 fully saturated rings. The van der Waals surface area contributed by atoms with Crippen LogP contribution < -0.4 is 0 Å². The number of aliphatic hydroxyl groups excluding tert-OH is 1. The van der Waals surface area contributed by atoms with Gasteiger partial charge in [0.05, 0.1) is 5.57 Å². The predicted molar refractivity (Wildman–Crippen MR) is 51.7 cm³/mol. The zero-order chi connectivity index (χ0) is 11.4. The van der Waals surface area contributed by atoms with Crippen LogP contribution in [0.4, 0.5) is 4.39 Å². The van der Waals surface area contributed by atoms with Crippen molar-refractivity contribution in [2.75, 3.05) is 6.61 Å². The minimum Gasteiger partial charge on any atom is -0.478 e. The lowest BCUT2D eigenvalue weighted by molar-refractivity contribution is -0.134. The summed E-state index contributed by atoms with van der Waals surface area (Å²) in [6.07, 6.45) is 2.32. The third-order valence-electron chi connectivity index (χ3n) is 2.24. The van der Waals surface area contributed by atoms with Gasteiger partial charge in [-0.3, -0.25) is 0 Å². The third-order valence-corrected chi connectivity index (χ3v) is 2.24. The molecule has 0 radical (unpaired) electrons. The number of aliphatic hydroxyl groups is 1. The summed E-state index contributed by atoms with van der Waals surface area (Å²) in [5, 5.41) is 17.5. The van der Waals surface area contributed by atoms with Gasteiger partial charge in [0.15, 0.2) is 0 Å². The number of carboxylic acids is 1. The molecule has 0 bridgehead atoms. The van der Waals surface area contributed by atoms with E-state index in [1.165, 1.54) is 13.0 Å². The second-order valence-electron chi connectivity index (χ2n) is 3.28. The fourth-order valence-corrected chi connectivity index (χ4v) is 0.998. The summed E-state index contributed by atoms with van der Waals surface area (Å²) >= 11 is 0. The summed E-state index contributed by atoms with van der Waals surface area (Å²) in [6, 6.07) is 0. The smallest absolute Gasteiger partial charge is 0.334 e. The molecule has 0 saturated heterocycles. The molecule has 14 heavy (non-hydrogen) atoms. The quantitative estimate of drug-likeness (QED) is 0.525. The number of halogens is 1. The molecule has 0 aromatic heterocycles. The lowest BCUT2D eigenvalue weighted by atomic mass is 9.85. The molecule has 0 aromatic carbocycles. The van der Waals surface area contributed by atoms with Crippen molar-refractivity contribution in [2.24, 2.45) is 5.92 Å². The number of hydrogen-bond acceptors (Lipinski definition) is 2.